The van der Waals surface area contributed by atoms with Crippen molar-refractivity contribution in [3.63, 3.8) is 0 Å². The van der Waals surface area contributed by atoms with Gasteiger partial charge in [-0.2, -0.15) is 5.26 Å². The van der Waals surface area contributed by atoms with Gasteiger partial charge in [-0.25, -0.2) is 9.97 Å². The van der Waals surface area contributed by atoms with Gasteiger partial charge in [-0.1, -0.05) is 0 Å². The van der Waals surface area contributed by atoms with Crippen LogP contribution in [-0.2, 0) is 0 Å². The summed E-state index contributed by atoms with van der Waals surface area (Å²) in [4.78, 5) is 13.1. The Morgan fingerprint density at radius 2 is 1.59 bits per heavy atom. The van der Waals surface area contributed by atoms with Crippen molar-refractivity contribution in [1.29, 1.82) is 5.26 Å². The van der Waals surface area contributed by atoms with Gasteiger partial charge in [0, 0.05) is 31.9 Å². The SMILES string of the molecule is COc1cnc(N2CCN(c3ccc(C#N)cc3)CC2)nc1. The van der Waals surface area contributed by atoms with E-state index in [0.717, 1.165) is 37.8 Å². The summed E-state index contributed by atoms with van der Waals surface area (Å²) in [7, 11) is 1.61. The number of rotatable bonds is 3. The first-order chi connectivity index (χ1) is 10.8. The molecule has 1 aliphatic rings. The van der Waals surface area contributed by atoms with Crippen LogP contribution in [0.2, 0.25) is 0 Å². The Hall–Kier alpha value is -2.81. The molecule has 0 bridgehead atoms. The highest BCUT2D eigenvalue weighted by Crippen LogP contribution is 2.19. The zero-order valence-electron chi connectivity index (χ0n) is 12.4. The highest BCUT2D eigenvalue weighted by Gasteiger charge is 2.19. The fourth-order valence-corrected chi connectivity index (χ4v) is 2.49. The van der Waals surface area contributed by atoms with E-state index in [2.05, 4.69) is 25.8 Å². The van der Waals surface area contributed by atoms with Crippen molar-refractivity contribution in [2.75, 3.05) is 43.1 Å². The zero-order chi connectivity index (χ0) is 15.4. The van der Waals surface area contributed by atoms with E-state index in [-0.39, 0.29) is 0 Å². The molecule has 2 heterocycles. The molecular weight excluding hydrogens is 278 g/mol. The van der Waals surface area contributed by atoms with Crippen molar-refractivity contribution in [3.8, 4) is 11.8 Å². The van der Waals surface area contributed by atoms with E-state index in [0.29, 0.717) is 11.3 Å². The maximum atomic E-state index is 8.84. The van der Waals surface area contributed by atoms with Crippen LogP contribution in [0.4, 0.5) is 11.6 Å². The second-order valence-electron chi connectivity index (χ2n) is 5.06. The molecule has 1 saturated heterocycles. The van der Waals surface area contributed by atoms with Crippen molar-refractivity contribution < 1.29 is 4.74 Å². The minimum Gasteiger partial charge on any atom is -0.494 e. The van der Waals surface area contributed by atoms with Gasteiger partial charge in [0.2, 0.25) is 5.95 Å². The third-order valence-electron chi connectivity index (χ3n) is 3.77. The average Bonchev–Trinajstić information content (AvgIpc) is 2.62. The Morgan fingerprint density at radius 3 is 2.14 bits per heavy atom. The van der Waals surface area contributed by atoms with Gasteiger partial charge in [0.15, 0.2) is 5.75 Å². The molecule has 2 aromatic rings. The maximum Gasteiger partial charge on any atom is 0.225 e. The molecule has 0 unspecified atom stereocenters. The average molecular weight is 295 g/mol. The van der Waals surface area contributed by atoms with E-state index in [4.69, 9.17) is 10.00 Å². The third-order valence-corrected chi connectivity index (χ3v) is 3.77. The molecule has 112 valence electrons. The molecule has 1 aliphatic heterocycles. The minimum atomic E-state index is 0.667. The molecule has 1 fully saturated rings. The van der Waals surface area contributed by atoms with Gasteiger partial charge in [-0.05, 0) is 24.3 Å². The standard InChI is InChI=1S/C16H17N5O/c1-22-15-11-18-16(19-12-15)21-8-6-20(7-9-21)14-4-2-13(10-17)3-5-14/h2-5,11-12H,6-9H2,1H3. The molecule has 0 N–H and O–H groups in total. The first kappa shape index (κ1) is 14.1. The Balaban J connectivity index is 1.62. The molecule has 0 radical (unpaired) electrons. The van der Waals surface area contributed by atoms with Crippen LogP contribution in [0.25, 0.3) is 0 Å². The Bertz CT molecular complexity index is 654. The number of nitrogens with zero attached hydrogens (tertiary/aromatic N) is 5. The maximum absolute atomic E-state index is 8.84. The molecule has 0 atom stereocenters. The summed E-state index contributed by atoms with van der Waals surface area (Å²) in [5, 5.41) is 8.84. The lowest BCUT2D eigenvalue weighted by Crippen LogP contribution is -2.47. The predicted molar refractivity (Wildman–Crippen MR) is 84.2 cm³/mol. The smallest absolute Gasteiger partial charge is 0.225 e. The molecule has 22 heavy (non-hydrogen) atoms. The second kappa shape index (κ2) is 6.31. The van der Waals surface area contributed by atoms with E-state index in [1.165, 1.54) is 0 Å². The predicted octanol–water partition coefficient (Wildman–Crippen LogP) is 1.68. The van der Waals surface area contributed by atoms with Crippen LogP contribution in [0.3, 0.4) is 0 Å². The van der Waals surface area contributed by atoms with Crippen molar-refractivity contribution in [1.82, 2.24) is 9.97 Å². The van der Waals surface area contributed by atoms with E-state index in [1.807, 2.05) is 24.3 Å². The summed E-state index contributed by atoms with van der Waals surface area (Å²) in [6.45, 7) is 3.54. The van der Waals surface area contributed by atoms with Crippen LogP contribution in [0.5, 0.6) is 5.75 Å². The lowest BCUT2D eigenvalue weighted by molar-refractivity contribution is 0.410. The largest absolute Gasteiger partial charge is 0.494 e. The van der Waals surface area contributed by atoms with Crippen LogP contribution in [-0.4, -0.2) is 43.3 Å². The Kier molecular flexibility index (Phi) is 4.05. The van der Waals surface area contributed by atoms with Crippen molar-refractivity contribution in [2.24, 2.45) is 0 Å². The van der Waals surface area contributed by atoms with Gasteiger partial charge >= 0.3 is 0 Å². The molecule has 0 amide bonds. The van der Waals surface area contributed by atoms with Crippen molar-refractivity contribution >= 4 is 11.6 Å². The summed E-state index contributed by atoms with van der Waals surface area (Å²) in [5.41, 5.74) is 1.84. The van der Waals surface area contributed by atoms with Crippen molar-refractivity contribution in [2.45, 2.75) is 0 Å². The number of hydrogen-bond donors (Lipinski definition) is 0. The number of aromatic nitrogens is 2. The lowest BCUT2D eigenvalue weighted by Gasteiger charge is -2.36. The first-order valence-electron chi connectivity index (χ1n) is 7.16. The molecule has 1 aromatic heterocycles. The summed E-state index contributed by atoms with van der Waals surface area (Å²) < 4.78 is 5.08. The van der Waals surface area contributed by atoms with Crippen LogP contribution in [0.1, 0.15) is 5.56 Å². The van der Waals surface area contributed by atoms with Crippen LogP contribution < -0.4 is 14.5 Å². The zero-order valence-corrected chi connectivity index (χ0v) is 12.4. The van der Waals surface area contributed by atoms with E-state index < -0.39 is 0 Å². The lowest BCUT2D eigenvalue weighted by atomic mass is 10.2. The van der Waals surface area contributed by atoms with Crippen LogP contribution in [0.15, 0.2) is 36.7 Å². The highest BCUT2D eigenvalue weighted by molar-refractivity contribution is 5.51. The monoisotopic (exact) mass is 295 g/mol. The van der Waals surface area contributed by atoms with E-state index >= 15 is 0 Å². The van der Waals surface area contributed by atoms with Gasteiger partial charge < -0.3 is 14.5 Å². The molecule has 0 saturated carbocycles. The van der Waals surface area contributed by atoms with Gasteiger partial charge in [0.1, 0.15) is 0 Å². The number of hydrogen-bond acceptors (Lipinski definition) is 6. The molecule has 1 aromatic carbocycles. The number of benzene rings is 1. The molecule has 0 spiro atoms. The van der Waals surface area contributed by atoms with Gasteiger partial charge in [0.05, 0.1) is 31.1 Å². The summed E-state index contributed by atoms with van der Waals surface area (Å²) in [5.74, 6) is 1.40. The van der Waals surface area contributed by atoms with E-state index in [1.54, 1.807) is 19.5 Å². The van der Waals surface area contributed by atoms with Crippen molar-refractivity contribution in [3.05, 3.63) is 42.2 Å². The summed E-state index contributed by atoms with van der Waals surface area (Å²) >= 11 is 0. The third kappa shape index (κ3) is 2.93. The molecular formula is C16H17N5O. The molecule has 0 aliphatic carbocycles. The summed E-state index contributed by atoms with van der Waals surface area (Å²) in [6, 6.07) is 9.85. The Morgan fingerprint density at radius 1 is 1.00 bits per heavy atom. The fraction of sp³-hybridized carbons (Fsp3) is 0.312. The number of piperazine rings is 1. The number of methoxy groups -OCH3 is 1. The summed E-state index contributed by atoms with van der Waals surface area (Å²) in [6.07, 6.45) is 3.38. The fourth-order valence-electron chi connectivity index (χ4n) is 2.49. The van der Waals surface area contributed by atoms with Gasteiger partial charge in [-0.15, -0.1) is 0 Å². The quantitative estimate of drug-likeness (QED) is 0.858. The molecule has 6 nitrogen and oxygen atoms in total. The Labute approximate surface area is 129 Å². The van der Waals surface area contributed by atoms with E-state index in [9.17, 15) is 0 Å². The van der Waals surface area contributed by atoms with Crippen LogP contribution >= 0.6 is 0 Å². The van der Waals surface area contributed by atoms with Gasteiger partial charge in [0.25, 0.3) is 0 Å². The number of nitriles is 1. The normalized spacial score (nSPS) is 14.5. The number of ether oxygens (including phenoxy) is 1. The van der Waals surface area contributed by atoms with Crippen LogP contribution in [0, 0.1) is 11.3 Å². The highest BCUT2D eigenvalue weighted by atomic mass is 16.5. The number of anilines is 2. The topological polar surface area (TPSA) is 65.3 Å². The van der Waals surface area contributed by atoms with Gasteiger partial charge in [-0.3, -0.25) is 0 Å². The molecule has 6 heteroatoms. The second-order valence-corrected chi connectivity index (χ2v) is 5.06. The molecule has 3 rings (SSSR count). The first-order valence-corrected chi connectivity index (χ1v) is 7.16. The minimum absolute atomic E-state index is 0.667.